The summed E-state index contributed by atoms with van der Waals surface area (Å²) < 4.78 is 3.27. The molecule has 0 aliphatic carbocycles. The predicted molar refractivity (Wildman–Crippen MR) is 73.6 cm³/mol. The standard InChI is InChI=1S/C12H17N3OS/c1-7(2)17-11-6-10-9(5-8(11)13)14(3)12(16)15(10)4/h5-7H,13H2,1-4H3. The van der Waals surface area contributed by atoms with Crippen LogP contribution >= 0.6 is 11.8 Å². The lowest BCUT2D eigenvalue weighted by Gasteiger charge is -2.09. The van der Waals surface area contributed by atoms with Crippen LogP contribution in [-0.2, 0) is 14.1 Å². The zero-order chi connectivity index (χ0) is 12.7. The van der Waals surface area contributed by atoms with Crippen molar-refractivity contribution in [2.45, 2.75) is 24.0 Å². The largest absolute Gasteiger partial charge is 0.398 e. The van der Waals surface area contributed by atoms with Crippen molar-refractivity contribution in [2.24, 2.45) is 14.1 Å². The summed E-state index contributed by atoms with van der Waals surface area (Å²) in [5, 5.41) is 0.468. The van der Waals surface area contributed by atoms with Gasteiger partial charge < -0.3 is 5.73 Å². The molecule has 4 nitrogen and oxygen atoms in total. The third-order valence-corrected chi connectivity index (χ3v) is 3.85. The molecule has 0 unspecified atom stereocenters. The molecular weight excluding hydrogens is 234 g/mol. The first-order valence-electron chi connectivity index (χ1n) is 5.53. The Kier molecular flexibility index (Phi) is 2.95. The van der Waals surface area contributed by atoms with Gasteiger partial charge in [0, 0.05) is 29.9 Å². The Morgan fingerprint density at radius 3 is 2.24 bits per heavy atom. The minimum absolute atomic E-state index is 0.0221. The van der Waals surface area contributed by atoms with Gasteiger partial charge in [0.25, 0.3) is 0 Å². The van der Waals surface area contributed by atoms with Gasteiger partial charge in [-0.2, -0.15) is 0 Å². The lowest BCUT2D eigenvalue weighted by molar-refractivity contribution is 0.795. The van der Waals surface area contributed by atoms with Gasteiger partial charge >= 0.3 is 5.69 Å². The zero-order valence-corrected chi connectivity index (χ0v) is 11.3. The number of benzene rings is 1. The number of nitrogen functional groups attached to an aromatic ring is 1. The molecule has 0 atom stereocenters. The molecule has 17 heavy (non-hydrogen) atoms. The molecule has 0 fully saturated rings. The second kappa shape index (κ2) is 4.14. The maximum atomic E-state index is 11.8. The number of imidazole rings is 1. The first-order valence-corrected chi connectivity index (χ1v) is 6.41. The van der Waals surface area contributed by atoms with Crippen LogP contribution in [0.2, 0.25) is 0 Å². The van der Waals surface area contributed by atoms with Gasteiger partial charge in [-0.15, -0.1) is 11.8 Å². The van der Waals surface area contributed by atoms with E-state index in [1.807, 2.05) is 12.1 Å². The summed E-state index contributed by atoms with van der Waals surface area (Å²) >= 11 is 1.71. The van der Waals surface area contributed by atoms with E-state index < -0.39 is 0 Å². The van der Waals surface area contributed by atoms with Crippen molar-refractivity contribution in [3.63, 3.8) is 0 Å². The van der Waals surface area contributed by atoms with Crippen LogP contribution in [-0.4, -0.2) is 14.4 Å². The molecule has 0 saturated heterocycles. The molecule has 0 aliphatic heterocycles. The highest BCUT2D eigenvalue weighted by molar-refractivity contribution is 8.00. The Morgan fingerprint density at radius 2 is 1.71 bits per heavy atom. The first kappa shape index (κ1) is 12.1. The SMILES string of the molecule is CC(C)Sc1cc2c(cc1N)n(C)c(=O)n2C. The summed E-state index contributed by atoms with van der Waals surface area (Å²) in [5.41, 5.74) is 8.53. The lowest BCUT2D eigenvalue weighted by atomic mass is 10.3. The molecule has 5 heteroatoms. The molecule has 2 N–H and O–H groups in total. The second-order valence-corrected chi connectivity index (χ2v) is 6.06. The van der Waals surface area contributed by atoms with Gasteiger partial charge in [-0.25, -0.2) is 4.79 Å². The van der Waals surface area contributed by atoms with Gasteiger partial charge in [0.1, 0.15) is 0 Å². The van der Waals surface area contributed by atoms with E-state index in [2.05, 4.69) is 13.8 Å². The Bertz CT molecular complexity index is 625. The Morgan fingerprint density at radius 1 is 1.18 bits per heavy atom. The number of fused-ring (bicyclic) bond motifs is 1. The average Bonchev–Trinajstić information content (AvgIpc) is 2.45. The number of hydrogen-bond donors (Lipinski definition) is 1. The lowest BCUT2D eigenvalue weighted by Crippen LogP contribution is -2.19. The van der Waals surface area contributed by atoms with E-state index >= 15 is 0 Å². The van der Waals surface area contributed by atoms with E-state index in [0.29, 0.717) is 5.25 Å². The van der Waals surface area contributed by atoms with Crippen molar-refractivity contribution >= 4 is 28.5 Å². The number of rotatable bonds is 2. The highest BCUT2D eigenvalue weighted by Crippen LogP contribution is 2.31. The van der Waals surface area contributed by atoms with Gasteiger partial charge in [0.15, 0.2) is 0 Å². The fourth-order valence-electron chi connectivity index (χ4n) is 1.90. The summed E-state index contributed by atoms with van der Waals surface area (Å²) in [6.07, 6.45) is 0. The van der Waals surface area contributed by atoms with Crippen molar-refractivity contribution in [2.75, 3.05) is 5.73 Å². The van der Waals surface area contributed by atoms with E-state index in [4.69, 9.17) is 5.73 Å². The number of nitrogens with zero attached hydrogens (tertiary/aromatic N) is 2. The van der Waals surface area contributed by atoms with Crippen LogP contribution in [0, 0.1) is 0 Å². The van der Waals surface area contributed by atoms with E-state index in [9.17, 15) is 4.79 Å². The first-order chi connectivity index (χ1) is 7.91. The monoisotopic (exact) mass is 251 g/mol. The number of nitrogens with two attached hydrogens (primary N) is 1. The van der Waals surface area contributed by atoms with Crippen molar-refractivity contribution in [1.82, 2.24) is 9.13 Å². The smallest absolute Gasteiger partial charge is 0.328 e. The number of thioether (sulfide) groups is 1. The molecule has 1 aromatic carbocycles. The van der Waals surface area contributed by atoms with E-state index in [0.717, 1.165) is 21.6 Å². The van der Waals surface area contributed by atoms with Crippen LogP contribution < -0.4 is 11.4 Å². The average molecular weight is 251 g/mol. The fraction of sp³-hybridized carbons (Fsp3) is 0.417. The van der Waals surface area contributed by atoms with Crippen LogP contribution in [0.1, 0.15) is 13.8 Å². The molecule has 2 aromatic rings. The molecule has 0 saturated carbocycles. The topological polar surface area (TPSA) is 52.9 Å². The second-order valence-electron chi connectivity index (χ2n) is 4.45. The minimum Gasteiger partial charge on any atom is -0.398 e. The molecule has 92 valence electrons. The zero-order valence-electron chi connectivity index (χ0n) is 10.5. The Balaban J connectivity index is 2.72. The summed E-state index contributed by atoms with van der Waals surface area (Å²) in [5.74, 6) is 0. The molecule has 0 radical (unpaired) electrons. The highest BCUT2D eigenvalue weighted by atomic mass is 32.2. The molecule has 0 bridgehead atoms. The van der Waals surface area contributed by atoms with E-state index in [1.54, 1.807) is 35.0 Å². The van der Waals surface area contributed by atoms with Gasteiger partial charge in [-0.3, -0.25) is 9.13 Å². The normalized spacial score (nSPS) is 11.6. The molecule has 1 aromatic heterocycles. The van der Waals surface area contributed by atoms with Gasteiger partial charge in [-0.05, 0) is 12.1 Å². The summed E-state index contributed by atoms with van der Waals surface area (Å²) in [4.78, 5) is 12.8. The summed E-state index contributed by atoms with van der Waals surface area (Å²) in [6.45, 7) is 4.25. The minimum atomic E-state index is -0.0221. The molecule has 0 spiro atoms. The fourth-order valence-corrected chi connectivity index (χ4v) is 2.78. The Hall–Kier alpha value is -1.36. The van der Waals surface area contributed by atoms with Crippen LogP contribution in [0.4, 0.5) is 5.69 Å². The Labute approximate surface area is 104 Å². The number of anilines is 1. The van der Waals surface area contributed by atoms with Crippen molar-refractivity contribution in [3.05, 3.63) is 22.6 Å². The molecule has 0 amide bonds. The molecule has 2 rings (SSSR count). The number of hydrogen-bond acceptors (Lipinski definition) is 3. The predicted octanol–water partition coefficient (Wildman–Crippen LogP) is 1.96. The maximum Gasteiger partial charge on any atom is 0.328 e. The number of aromatic nitrogens is 2. The highest BCUT2D eigenvalue weighted by Gasteiger charge is 2.12. The van der Waals surface area contributed by atoms with Crippen LogP contribution in [0.3, 0.4) is 0 Å². The van der Waals surface area contributed by atoms with Gasteiger partial charge in [0.05, 0.1) is 11.0 Å². The summed E-state index contributed by atoms with van der Waals surface area (Å²) in [6, 6.07) is 3.87. The molecule has 0 aliphatic rings. The van der Waals surface area contributed by atoms with Crippen LogP contribution in [0.25, 0.3) is 11.0 Å². The van der Waals surface area contributed by atoms with E-state index in [-0.39, 0.29) is 5.69 Å². The van der Waals surface area contributed by atoms with Gasteiger partial charge in [0.2, 0.25) is 0 Å². The van der Waals surface area contributed by atoms with Gasteiger partial charge in [-0.1, -0.05) is 13.8 Å². The van der Waals surface area contributed by atoms with E-state index in [1.165, 1.54) is 0 Å². The van der Waals surface area contributed by atoms with Crippen molar-refractivity contribution in [3.8, 4) is 0 Å². The third kappa shape index (κ3) is 1.95. The summed E-state index contributed by atoms with van der Waals surface area (Å²) in [7, 11) is 3.55. The molecular formula is C12H17N3OS. The van der Waals surface area contributed by atoms with Crippen molar-refractivity contribution in [1.29, 1.82) is 0 Å². The molecule has 1 heterocycles. The maximum absolute atomic E-state index is 11.8. The third-order valence-electron chi connectivity index (χ3n) is 2.77. The number of aryl methyl sites for hydroxylation is 2. The van der Waals surface area contributed by atoms with Crippen LogP contribution in [0.5, 0.6) is 0 Å². The van der Waals surface area contributed by atoms with Crippen LogP contribution in [0.15, 0.2) is 21.8 Å². The quantitative estimate of drug-likeness (QED) is 0.655. The van der Waals surface area contributed by atoms with Crippen molar-refractivity contribution < 1.29 is 0 Å².